The van der Waals surface area contributed by atoms with Crippen LogP contribution in [0.4, 0.5) is 0 Å². The van der Waals surface area contributed by atoms with Crippen LogP contribution in [0.25, 0.3) is 16.7 Å². The molecule has 5 heteroatoms. The molecular weight excluding hydrogens is 388 g/mol. The molecule has 1 heterocycles. The monoisotopic (exact) mass is 396 g/mol. The lowest BCUT2D eigenvalue weighted by molar-refractivity contribution is 1.05. The Morgan fingerprint density at radius 3 is 2.68 bits per heavy atom. The molecule has 0 aliphatic rings. The van der Waals surface area contributed by atoms with Crippen LogP contribution in [0.3, 0.4) is 0 Å². The average molecular weight is 398 g/mol. The molecule has 2 aromatic carbocycles. The maximum Gasteiger partial charge on any atom is 0.182 e. The van der Waals surface area contributed by atoms with E-state index in [2.05, 4.69) is 62.0 Å². The van der Waals surface area contributed by atoms with Gasteiger partial charge in [-0.2, -0.15) is 0 Å². The van der Waals surface area contributed by atoms with Gasteiger partial charge in [0, 0.05) is 8.95 Å². The Labute approximate surface area is 132 Å². The first kappa shape index (κ1) is 13.1. The van der Waals surface area contributed by atoms with Gasteiger partial charge in [-0.25, -0.2) is 0 Å². The largest absolute Gasteiger partial charge is 0.330 e. The Balaban J connectivity index is 2.39. The van der Waals surface area contributed by atoms with Crippen molar-refractivity contribution in [3.63, 3.8) is 0 Å². The third kappa shape index (κ3) is 2.30. The summed E-state index contributed by atoms with van der Waals surface area (Å²) in [5, 5.41) is 0. The van der Waals surface area contributed by atoms with Crippen LogP contribution < -0.4 is 0 Å². The van der Waals surface area contributed by atoms with E-state index < -0.39 is 0 Å². The molecular formula is C14H10Br2N2S. The number of benzene rings is 2. The van der Waals surface area contributed by atoms with Crippen molar-refractivity contribution in [2.75, 3.05) is 0 Å². The van der Waals surface area contributed by atoms with Crippen LogP contribution in [0.1, 0.15) is 5.56 Å². The van der Waals surface area contributed by atoms with Gasteiger partial charge in [0.1, 0.15) is 0 Å². The fraction of sp³-hybridized carbons (Fsp3) is 0.0714. The summed E-state index contributed by atoms with van der Waals surface area (Å²) >= 11 is 12.5. The van der Waals surface area contributed by atoms with E-state index in [1.54, 1.807) is 0 Å². The number of aromatic nitrogens is 2. The lowest BCUT2D eigenvalue weighted by atomic mass is 10.2. The molecule has 0 atom stereocenters. The first-order chi connectivity index (χ1) is 9.06. The highest BCUT2D eigenvalue weighted by molar-refractivity contribution is 9.10. The summed E-state index contributed by atoms with van der Waals surface area (Å²) in [7, 11) is 0. The normalized spacial score (nSPS) is 11.1. The van der Waals surface area contributed by atoms with E-state index in [-0.39, 0.29) is 0 Å². The molecule has 0 fully saturated rings. The zero-order valence-electron chi connectivity index (χ0n) is 10.1. The minimum absolute atomic E-state index is 0.694. The molecule has 0 aliphatic carbocycles. The smallest absolute Gasteiger partial charge is 0.182 e. The fourth-order valence-corrected chi connectivity index (χ4v) is 3.21. The molecule has 3 rings (SSSR count). The van der Waals surface area contributed by atoms with Gasteiger partial charge in [0.05, 0.1) is 16.7 Å². The number of nitrogens with one attached hydrogen (secondary N) is 1. The number of fused-ring (bicyclic) bond motifs is 1. The maximum atomic E-state index is 5.45. The molecule has 2 nitrogen and oxygen atoms in total. The van der Waals surface area contributed by atoms with Crippen molar-refractivity contribution in [2.24, 2.45) is 0 Å². The van der Waals surface area contributed by atoms with E-state index in [9.17, 15) is 0 Å². The highest BCUT2D eigenvalue weighted by Crippen LogP contribution is 2.28. The summed E-state index contributed by atoms with van der Waals surface area (Å²) in [4.78, 5) is 3.24. The van der Waals surface area contributed by atoms with Crippen LogP contribution >= 0.6 is 44.1 Å². The molecule has 0 unspecified atom stereocenters. The molecule has 0 radical (unpaired) electrons. The molecule has 0 amide bonds. The van der Waals surface area contributed by atoms with Crippen molar-refractivity contribution in [1.82, 2.24) is 9.55 Å². The van der Waals surface area contributed by atoms with Crippen LogP contribution in [0.2, 0.25) is 0 Å². The van der Waals surface area contributed by atoms with Gasteiger partial charge >= 0.3 is 0 Å². The summed E-state index contributed by atoms with van der Waals surface area (Å²) in [6, 6.07) is 12.3. The number of nitrogens with zero attached hydrogens (tertiary/aromatic N) is 1. The Morgan fingerprint density at radius 1 is 1.11 bits per heavy atom. The van der Waals surface area contributed by atoms with E-state index in [1.807, 2.05) is 22.8 Å². The molecule has 1 aromatic heterocycles. The van der Waals surface area contributed by atoms with Gasteiger partial charge < -0.3 is 4.98 Å². The standard InChI is InChI=1S/C14H10Br2N2S/c1-8-2-4-10(16)13(6-8)18-12-5-3-9(15)7-11(12)17-14(18)19/h2-7H,1H3,(H,17,19). The predicted octanol–water partition coefficient (Wildman–Crippen LogP) is 5.52. The second-order valence-electron chi connectivity index (χ2n) is 4.38. The lowest BCUT2D eigenvalue weighted by Crippen LogP contribution is -1.95. The quantitative estimate of drug-likeness (QED) is 0.536. The van der Waals surface area contributed by atoms with E-state index >= 15 is 0 Å². The van der Waals surface area contributed by atoms with Gasteiger partial charge in [-0.05, 0) is 71.0 Å². The van der Waals surface area contributed by atoms with Crippen molar-refractivity contribution < 1.29 is 0 Å². The Kier molecular flexibility index (Phi) is 3.37. The highest BCUT2D eigenvalue weighted by atomic mass is 79.9. The van der Waals surface area contributed by atoms with Gasteiger partial charge in [-0.1, -0.05) is 22.0 Å². The second kappa shape index (κ2) is 4.89. The molecule has 19 heavy (non-hydrogen) atoms. The maximum absolute atomic E-state index is 5.45. The van der Waals surface area contributed by atoms with Crippen molar-refractivity contribution >= 4 is 55.1 Å². The number of imidazole rings is 1. The molecule has 0 saturated heterocycles. The van der Waals surface area contributed by atoms with Crippen molar-refractivity contribution in [2.45, 2.75) is 6.92 Å². The van der Waals surface area contributed by atoms with Crippen LogP contribution in [-0.4, -0.2) is 9.55 Å². The number of rotatable bonds is 1. The van der Waals surface area contributed by atoms with E-state index in [4.69, 9.17) is 12.2 Å². The van der Waals surface area contributed by atoms with Gasteiger partial charge in [0.15, 0.2) is 4.77 Å². The highest BCUT2D eigenvalue weighted by Gasteiger charge is 2.09. The summed E-state index contributed by atoms with van der Waals surface area (Å²) in [6.45, 7) is 2.07. The van der Waals surface area contributed by atoms with Crippen molar-refractivity contribution in [3.8, 4) is 5.69 Å². The second-order valence-corrected chi connectivity index (χ2v) is 6.54. The first-order valence-corrected chi connectivity index (χ1v) is 7.72. The van der Waals surface area contributed by atoms with E-state index in [1.165, 1.54) is 5.56 Å². The summed E-state index contributed by atoms with van der Waals surface area (Å²) in [5.41, 5.74) is 4.34. The fourth-order valence-electron chi connectivity index (χ4n) is 2.12. The van der Waals surface area contributed by atoms with Crippen LogP contribution in [0.5, 0.6) is 0 Å². The third-order valence-electron chi connectivity index (χ3n) is 2.99. The zero-order chi connectivity index (χ0) is 13.6. The summed E-state index contributed by atoms with van der Waals surface area (Å²) in [5.74, 6) is 0. The Hall–Kier alpha value is -0.910. The molecule has 3 aromatic rings. The Bertz CT molecular complexity index is 833. The number of aromatic amines is 1. The number of hydrogen-bond donors (Lipinski definition) is 1. The lowest BCUT2D eigenvalue weighted by Gasteiger charge is -2.08. The topological polar surface area (TPSA) is 20.7 Å². The number of H-pyrrole nitrogens is 1. The minimum atomic E-state index is 0.694. The number of hydrogen-bond acceptors (Lipinski definition) is 1. The van der Waals surface area contributed by atoms with E-state index in [0.717, 1.165) is 25.7 Å². The SMILES string of the molecule is Cc1ccc(Br)c(-n2c(=S)[nH]c3cc(Br)ccc32)c1. The van der Waals surface area contributed by atoms with Gasteiger partial charge in [0.2, 0.25) is 0 Å². The molecule has 96 valence electrons. The molecule has 0 spiro atoms. The molecule has 1 N–H and O–H groups in total. The first-order valence-electron chi connectivity index (χ1n) is 5.73. The number of halogens is 2. The van der Waals surface area contributed by atoms with Crippen molar-refractivity contribution in [3.05, 3.63) is 55.7 Å². The van der Waals surface area contributed by atoms with Crippen LogP contribution in [0, 0.1) is 11.7 Å². The van der Waals surface area contributed by atoms with Crippen molar-refractivity contribution in [1.29, 1.82) is 0 Å². The summed E-state index contributed by atoms with van der Waals surface area (Å²) < 4.78 is 4.80. The Morgan fingerprint density at radius 2 is 1.89 bits per heavy atom. The van der Waals surface area contributed by atoms with Gasteiger partial charge in [0.25, 0.3) is 0 Å². The molecule has 0 aliphatic heterocycles. The van der Waals surface area contributed by atoms with Gasteiger partial charge in [-0.3, -0.25) is 4.57 Å². The van der Waals surface area contributed by atoms with Gasteiger partial charge in [-0.15, -0.1) is 0 Å². The zero-order valence-corrected chi connectivity index (χ0v) is 14.1. The minimum Gasteiger partial charge on any atom is -0.330 e. The molecule has 0 saturated carbocycles. The predicted molar refractivity (Wildman–Crippen MR) is 88.6 cm³/mol. The van der Waals surface area contributed by atoms with Crippen LogP contribution in [-0.2, 0) is 0 Å². The van der Waals surface area contributed by atoms with Crippen LogP contribution in [0.15, 0.2) is 45.3 Å². The number of aryl methyl sites for hydroxylation is 1. The molecule has 0 bridgehead atoms. The summed E-state index contributed by atoms with van der Waals surface area (Å²) in [6.07, 6.45) is 0. The third-order valence-corrected chi connectivity index (χ3v) is 4.44. The average Bonchev–Trinajstić information content (AvgIpc) is 2.67. The van der Waals surface area contributed by atoms with E-state index in [0.29, 0.717) is 4.77 Å².